The molecule has 2 heterocycles. The summed E-state index contributed by atoms with van der Waals surface area (Å²) in [6.45, 7) is 4.90. The van der Waals surface area contributed by atoms with E-state index in [9.17, 15) is 14.7 Å². The fourth-order valence-electron chi connectivity index (χ4n) is 6.15. The lowest BCUT2D eigenvalue weighted by molar-refractivity contribution is -0.158. The van der Waals surface area contributed by atoms with Crippen LogP contribution < -0.4 is 5.32 Å². The van der Waals surface area contributed by atoms with Gasteiger partial charge in [0.2, 0.25) is 17.6 Å². The fourth-order valence-corrected chi connectivity index (χ4v) is 6.28. The highest BCUT2D eigenvalue weighted by Gasteiger charge is 2.50. The molecule has 10 heteroatoms. The van der Waals surface area contributed by atoms with E-state index in [1.54, 1.807) is 12.1 Å². The number of tetrazole rings is 1. The number of aromatic amines is 1. The van der Waals surface area contributed by atoms with Crippen molar-refractivity contribution in [3.63, 3.8) is 0 Å². The molecule has 3 aromatic rings. The number of nitrogens with zero attached hydrogens (tertiary/aromatic N) is 4. The Balaban J connectivity index is 1.24. The lowest BCUT2D eigenvalue weighted by Crippen LogP contribution is -2.59. The Morgan fingerprint density at radius 1 is 1.15 bits per heavy atom. The van der Waals surface area contributed by atoms with Gasteiger partial charge in [-0.2, -0.15) is 5.21 Å². The van der Waals surface area contributed by atoms with Gasteiger partial charge in [-0.25, -0.2) is 0 Å². The minimum absolute atomic E-state index is 0.0605. The molecular weight excluding hydrogens is 516 g/mol. The Hall–Kier alpha value is -3.30. The van der Waals surface area contributed by atoms with Gasteiger partial charge < -0.3 is 15.3 Å². The van der Waals surface area contributed by atoms with Crippen molar-refractivity contribution in [2.75, 3.05) is 13.1 Å². The molecule has 206 valence electrons. The number of aliphatic hydroxyl groups is 1. The number of carbonyl (C=O) groups excluding carboxylic acids is 2. The van der Waals surface area contributed by atoms with E-state index in [-0.39, 0.29) is 30.2 Å². The molecule has 9 nitrogen and oxygen atoms in total. The summed E-state index contributed by atoms with van der Waals surface area (Å²) in [4.78, 5) is 28.8. The number of benzene rings is 2. The molecule has 0 unspecified atom stereocenters. The zero-order chi connectivity index (χ0) is 27.6. The first kappa shape index (κ1) is 27.3. The number of amides is 2. The van der Waals surface area contributed by atoms with Gasteiger partial charge in [0.05, 0.1) is 17.9 Å². The average Bonchev–Trinajstić information content (AvgIpc) is 3.46. The molecule has 1 aromatic heterocycles. The van der Waals surface area contributed by atoms with Crippen molar-refractivity contribution in [1.29, 1.82) is 0 Å². The summed E-state index contributed by atoms with van der Waals surface area (Å²) in [7, 11) is 0. The number of carbonyl (C=O) groups is 2. The molecule has 2 amide bonds. The number of piperidine rings is 1. The first-order valence-electron chi connectivity index (χ1n) is 13.6. The maximum absolute atomic E-state index is 13.8. The molecule has 1 aliphatic heterocycles. The zero-order valence-electron chi connectivity index (χ0n) is 22.4. The van der Waals surface area contributed by atoms with Crippen LogP contribution in [0.25, 0.3) is 11.4 Å². The Labute approximate surface area is 233 Å². The number of hydrogen-bond donors (Lipinski definition) is 3. The first-order chi connectivity index (χ1) is 18.7. The van der Waals surface area contributed by atoms with Gasteiger partial charge in [-0.15, -0.1) is 10.2 Å². The second kappa shape index (κ2) is 11.1. The molecule has 1 aliphatic carbocycles. The maximum atomic E-state index is 13.8. The summed E-state index contributed by atoms with van der Waals surface area (Å²) in [5, 5.41) is 29.5. The third-order valence-electron chi connectivity index (χ3n) is 8.41. The van der Waals surface area contributed by atoms with Gasteiger partial charge in [-0.1, -0.05) is 68.6 Å². The Morgan fingerprint density at radius 2 is 1.92 bits per heavy atom. The molecule has 3 atom stereocenters. The number of aromatic nitrogens is 4. The van der Waals surface area contributed by atoms with E-state index in [1.807, 2.05) is 55.1 Å². The maximum Gasteiger partial charge on any atom is 0.227 e. The van der Waals surface area contributed by atoms with Gasteiger partial charge in [0.15, 0.2) is 0 Å². The quantitative estimate of drug-likeness (QED) is 0.428. The zero-order valence-corrected chi connectivity index (χ0v) is 23.1. The molecule has 2 aliphatic rings. The highest BCUT2D eigenvalue weighted by molar-refractivity contribution is 6.30. The predicted molar refractivity (Wildman–Crippen MR) is 148 cm³/mol. The third-order valence-corrected chi connectivity index (χ3v) is 8.66. The van der Waals surface area contributed by atoms with E-state index in [4.69, 9.17) is 11.6 Å². The fraction of sp³-hybridized carbons (Fsp3) is 0.483. The van der Waals surface area contributed by atoms with Gasteiger partial charge >= 0.3 is 0 Å². The van der Waals surface area contributed by atoms with Gasteiger partial charge in [0, 0.05) is 35.1 Å². The van der Waals surface area contributed by atoms with E-state index >= 15 is 0 Å². The summed E-state index contributed by atoms with van der Waals surface area (Å²) in [5.74, 6) is 0.153. The van der Waals surface area contributed by atoms with Gasteiger partial charge in [0.1, 0.15) is 0 Å². The van der Waals surface area contributed by atoms with Crippen molar-refractivity contribution < 1.29 is 14.7 Å². The van der Waals surface area contributed by atoms with Crippen molar-refractivity contribution in [1.82, 2.24) is 30.8 Å². The van der Waals surface area contributed by atoms with Gasteiger partial charge in [-0.05, 0) is 53.8 Å². The van der Waals surface area contributed by atoms with Crippen LogP contribution >= 0.6 is 11.6 Å². The van der Waals surface area contributed by atoms with Crippen molar-refractivity contribution in [3.8, 4) is 11.4 Å². The molecular formula is C29H35ClN6O3. The van der Waals surface area contributed by atoms with Crippen molar-refractivity contribution in [2.24, 2.45) is 11.3 Å². The number of H-pyrrole nitrogens is 1. The molecule has 2 aromatic carbocycles. The lowest BCUT2D eigenvalue weighted by Gasteiger charge is -2.51. The molecule has 2 fully saturated rings. The molecule has 39 heavy (non-hydrogen) atoms. The van der Waals surface area contributed by atoms with Crippen molar-refractivity contribution >= 4 is 23.4 Å². The second-order valence-corrected chi connectivity index (χ2v) is 11.9. The Bertz CT molecular complexity index is 1310. The van der Waals surface area contributed by atoms with Gasteiger partial charge in [-0.3, -0.25) is 9.59 Å². The molecule has 1 saturated heterocycles. The topological polar surface area (TPSA) is 124 Å². The first-order valence-corrected chi connectivity index (χ1v) is 13.9. The number of nitrogens with one attached hydrogen (secondary N) is 2. The largest absolute Gasteiger partial charge is 0.384 e. The highest BCUT2D eigenvalue weighted by atomic mass is 35.5. The van der Waals surface area contributed by atoms with Crippen LogP contribution in [0.4, 0.5) is 0 Å². The van der Waals surface area contributed by atoms with E-state index < -0.39 is 11.0 Å². The SMILES string of the molecule is CC1(C)CN(C(=O)[C@H]2CCCC[C@H]2NC(=O)Cc2cccc(-c3nn[nH]n3)c2)CC[C@]1(O)c1ccc(Cl)cc1. The van der Waals surface area contributed by atoms with Gasteiger partial charge in [0.25, 0.3) is 0 Å². The van der Waals surface area contributed by atoms with Crippen LogP contribution in [0.3, 0.4) is 0 Å². The van der Waals surface area contributed by atoms with Crippen LogP contribution in [0.15, 0.2) is 48.5 Å². The number of rotatable bonds is 6. The van der Waals surface area contributed by atoms with E-state index in [0.717, 1.165) is 42.4 Å². The lowest BCUT2D eigenvalue weighted by atomic mass is 9.66. The Kier molecular flexibility index (Phi) is 7.73. The van der Waals surface area contributed by atoms with E-state index in [2.05, 4.69) is 25.9 Å². The molecule has 5 rings (SSSR count). The number of hydrogen-bond acceptors (Lipinski definition) is 6. The monoisotopic (exact) mass is 550 g/mol. The normalized spacial score (nSPS) is 24.8. The summed E-state index contributed by atoms with van der Waals surface area (Å²) >= 11 is 6.07. The van der Waals surface area contributed by atoms with Crippen LogP contribution in [-0.4, -0.2) is 61.6 Å². The van der Waals surface area contributed by atoms with E-state index in [0.29, 0.717) is 30.4 Å². The van der Waals surface area contributed by atoms with Crippen LogP contribution in [0.5, 0.6) is 0 Å². The summed E-state index contributed by atoms with van der Waals surface area (Å²) < 4.78 is 0. The van der Waals surface area contributed by atoms with Crippen LogP contribution in [0.2, 0.25) is 5.02 Å². The standard InChI is InChI=1S/C29H35ClN6O3/c1-28(2)18-36(15-14-29(28,39)21-10-12-22(30)13-11-21)27(38)23-8-3-4-9-24(23)31-25(37)17-19-6-5-7-20(16-19)26-32-34-35-33-26/h5-7,10-13,16,23-24,39H,3-4,8-9,14-15,17-18H2,1-2H3,(H,31,37)(H,32,33,34,35)/t23-,24+,29-/m0/s1. The molecule has 1 saturated carbocycles. The Morgan fingerprint density at radius 3 is 2.64 bits per heavy atom. The molecule has 0 radical (unpaired) electrons. The molecule has 3 N–H and O–H groups in total. The minimum atomic E-state index is -1.06. The summed E-state index contributed by atoms with van der Waals surface area (Å²) in [6, 6.07) is 14.6. The number of halogens is 1. The number of likely N-dealkylation sites (tertiary alicyclic amines) is 1. The minimum Gasteiger partial charge on any atom is -0.384 e. The van der Waals surface area contributed by atoms with Crippen LogP contribution in [-0.2, 0) is 21.6 Å². The van der Waals surface area contributed by atoms with Crippen molar-refractivity contribution in [2.45, 2.75) is 64.0 Å². The second-order valence-electron chi connectivity index (χ2n) is 11.4. The summed E-state index contributed by atoms with van der Waals surface area (Å²) in [5.41, 5.74) is 0.810. The van der Waals surface area contributed by atoms with Crippen LogP contribution in [0.1, 0.15) is 57.1 Å². The van der Waals surface area contributed by atoms with E-state index in [1.165, 1.54) is 0 Å². The van der Waals surface area contributed by atoms with Crippen LogP contribution in [0, 0.1) is 11.3 Å². The predicted octanol–water partition coefficient (Wildman–Crippen LogP) is 3.88. The van der Waals surface area contributed by atoms with Crippen molar-refractivity contribution in [3.05, 3.63) is 64.7 Å². The highest BCUT2D eigenvalue weighted by Crippen LogP contribution is 2.46. The summed E-state index contributed by atoms with van der Waals surface area (Å²) in [6.07, 6.45) is 4.10. The molecule has 0 bridgehead atoms. The smallest absolute Gasteiger partial charge is 0.227 e. The average molecular weight is 551 g/mol. The molecule has 0 spiro atoms. The third kappa shape index (κ3) is 5.70.